The van der Waals surface area contributed by atoms with E-state index in [1.165, 1.54) is 22.9 Å². The molecule has 1 nitrogen and oxygen atoms in total. The van der Waals surface area contributed by atoms with Gasteiger partial charge in [-0.15, -0.1) is 0 Å². The average Bonchev–Trinajstić information content (AvgIpc) is 2.21. The Labute approximate surface area is 102 Å². The van der Waals surface area contributed by atoms with Crippen molar-refractivity contribution in [3.8, 4) is 11.8 Å². The SMILES string of the molecule is CC(=O)SCCC#Cc1c(C)cccc1C. The zero-order valence-electron chi connectivity index (χ0n) is 9.96. The largest absolute Gasteiger partial charge is 0.288 e. The Morgan fingerprint density at radius 3 is 2.50 bits per heavy atom. The van der Waals surface area contributed by atoms with Gasteiger partial charge >= 0.3 is 0 Å². The van der Waals surface area contributed by atoms with Crippen LogP contribution in [0.2, 0.25) is 0 Å². The lowest BCUT2D eigenvalue weighted by molar-refractivity contribution is -0.109. The normalized spacial score (nSPS) is 9.44. The summed E-state index contributed by atoms with van der Waals surface area (Å²) in [6.07, 6.45) is 0.762. The minimum Gasteiger partial charge on any atom is -0.288 e. The molecule has 0 heterocycles. The molecule has 0 aliphatic heterocycles. The Morgan fingerprint density at radius 2 is 1.94 bits per heavy atom. The van der Waals surface area contributed by atoms with E-state index in [1.54, 1.807) is 6.92 Å². The lowest BCUT2D eigenvalue weighted by atomic mass is 10.0. The van der Waals surface area contributed by atoms with Gasteiger partial charge in [0.2, 0.25) is 0 Å². The van der Waals surface area contributed by atoms with Crippen molar-refractivity contribution in [2.24, 2.45) is 0 Å². The van der Waals surface area contributed by atoms with Gasteiger partial charge < -0.3 is 0 Å². The first kappa shape index (κ1) is 12.9. The van der Waals surface area contributed by atoms with Gasteiger partial charge in [-0.2, -0.15) is 0 Å². The molecule has 0 aliphatic rings. The van der Waals surface area contributed by atoms with E-state index in [0.717, 1.165) is 17.7 Å². The van der Waals surface area contributed by atoms with Crippen molar-refractivity contribution in [3.63, 3.8) is 0 Å². The predicted molar refractivity (Wildman–Crippen MR) is 70.6 cm³/mol. The second kappa shape index (κ2) is 6.40. The smallest absolute Gasteiger partial charge is 0.185 e. The third-order valence-corrected chi connectivity index (χ3v) is 3.04. The molecule has 16 heavy (non-hydrogen) atoms. The fraction of sp³-hybridized carbons (Fsp3) is 0.357. The third kappa shape index (κ3) is 4.12. The summed E-state index contributed by atoms with van der Waals surface area (Å²) in [5.41, 5.74) is 3.55. The van der Waals surface area contributed by atoms with Crippen LogP contribution < -0.4 is 0 Å². The van der Waals surface area contributed by atoms with E-state index < -0.39 is 0 Å². The van der Waals surface area contributed by atoms with E-state index >= 15 is 0 Å². The second-order valence-electron chi connectivity index (χ2n) is 3.66. The average molecular weight is 232 g/mol. The third-order valence-electron chi connectivity index (χ3n) is 2.23. The highest BCUT2D eigenvalue weighted by atomic mass is 32.2. The highest BCUT2D eigenvalue weighted by Crippen LogP contribution is 2.11. The van der Waals surface area contributed by atoms with Crippen molar-refractivity contribution in [1.82, 2.24) is 0 Å². The van der Waals surface area contributed by atoms with Gasteiger partial charge in [-0.3, -0.25) is 4.79 Å². The van der Waals surface area contributed by atoms with E-state index in [1.807, 2.05) is 6.07 Å². The molecule has 0 atom stereocenters. The molecule has 0 radical (unpaired) electrons. The number of carbonyl (C=O) groups is 1. The van der Waals surface area contributed by atoms with Crippen molar-refractivity contribution in [1.29, 1.82) is 0 Å². The summed E-state index contributed by atoms with van der Waals surface area (Å²) in [7, 11) is 0. The molecule has 2 heteroatoms. The molecule has 1 aromatic carbocycles. The molecular weight excluding hydrogens is 216 g/mol. The Morgan fingerprint density at radius 1 is 1.31 bits per heavy atom. The number of aryl methyl sites for hydroxylation is 2. The summed E-state index contributed by atoms with van der Waals surface area (Å²) in [6, 6.07) is 6.18. The number of thioether (sulfide) groups is 1. The Kier molecular flexibility index (Phi) is 5.14. The van der Waals surface area contributed by atoms with Crippen LogP contribution in [0.1, 0.15) is 30.0 Å². The molecule has 0 unspecified atom stereocenters. The molecular formula is C14H16OS. The van der Waals surface area contributed by atoms with Crippen LogP contribution in [0.5, 0.6) is 0 Å². The molecule has 1 aromatic rings. The Bertz CT molecular complexity index is 418. The lowest BCUT2D eigenvalue weighted by Crippen LogP contribution is -1.87. The maximum Gasteiger partial charge on any atom is 0.185 e. The van der Waals surface area contributed by atoms with Crippen LogP contribution in [0, 0.1) is 25.7 Å². The van der Waals surface area contributed by atoms with Crippen LogP contribution in [0.25, 0.3) is 0 Å². The number of hydrogen-bond donors (Lipinski definition) is 0. The van der Waals surface area contributed by atoms with Gasteiger partial charge in [0.25, 0.3) is 0 Å². The second-order valence-corrected chi connectivity index (χ2v) is 4.93. The quantitative estimate of drug-likeness (QED) is 0.574. The first-order chi connectivity index (χ1) is 7.61. The minimum absolute atomic E-state index is 0.161. The summed E-state index contributed by atoms with van der Waals surface area (Å²) < 4.78 is 0. The predicted octanol–water partition coefficient (Wildman–Crippen LogP) is 3.32. The summed E-state index contributed by atoms with van der Waals surface area (Å²) in [4.78, 5) is 10.7. The number of benzene rings is 1. The molecule has 0 bridgehead atoms. The first-order valence-corrected chi connectivity index (χ1v) is 6.28. The summed E-state index contributed by atoms with van der Waals surface area (Å²) in [6.45, 7) is 5.73. The monoisotopic (exact) mass is 232 g/mol. The molecule has 0 N–H and O–H groups in total. The number of carbonyl (C=O) groups excluding carboxylic acids is 1. The Hall–Kier alpha value is -1.20. The molecule has 0 spiro atoms. The van der Waals surface area contributed by atoms with Crippen LogP contribution in [0.4, 0.5) is 0 Å². The standard InChI is InChI=1S/C14H16OS/c1-11-7-6-8-12(2)14(11)9-4-5-10-16-13(3)15/h6-8H,5,10H2,1-3H3. The van der Waals surface area contributed by atoms with Gasteiger partial charge in [0.1, 0.15) is 0 Å². The highest BCUT2D eigenvalue weighted by molar-refractivity contribution is 8.13. The van der Waals surface area contributed by atoms with Gasteiger partial charge in [-0.1, -0.05) is 41.8 Å². The summed E-state index contributed by atoms with van der Waals surface area (Å²) in [5.74, 6) is 7.08. The van der Waals surface area contributed by atoms with Crippen LogP contribution in [0.3, 0.4) is 0 Å². The maximum atomic E-state index is 10.7. The molecule has 84 valence electrons. The topological polar surface area (TPSA) is 17.1 Å². The lowest BCUT2D eigenvalue weighted by Gasteiger charge is -2.01. The first-order valence-electron chi connectivity index (χ1n) is 5.29. The molecule has 0 amide bonds. The van der Waals surface area contributed by atoms with Gasteiger partial charge in [-0.25, -0.2) is 0 Å². The molecule has 0 aromatic heterocycles. The van der Waals surface area contributed by atoms with Gasteiger partial charge in [0, 0.05) is 24.7 Å². The van der Waals surface area contributed by atoms with E-state index in [0.29, 0.717) is 0 Å². The van der Waals surface area contributed by atoms with Gasteiger partial charge in [-0.05, 0) is 25.0 Å². The van der Waals surface area contributed by atoms with E-state index in [-0.39, 0.29) is 5.12 Å². The van der Waals surface area contributed by atoms with E-state index in [2.05, 4.69) is 37.8 Å². The fourth-order valence-corrected chi connectivity index (χ4v) is 1.90. The van der Waals surface area contributed by atoms with Crippen molar-refractivity contribution in [3.05, 3.63) is 34.9 Å². The van der Waals surface area contributed by atoms with Gasteiger partial charge in [0.05, 0.1) is 0 Å². The number of hydrogen-bond acceptors (Lipinski definition) is 2. The molecule has 0 saturated heterocycles. The van der Waals surface area contributed by atoms with Crippen LogP contribution in [-0.4, -0.2) is 10.9 Å². The number of rotatable bonds is 2. The summed E-state index contributed by atoms with van der Waals surface area (Å²) in [5, 5.41) is 0.161. The molecule has 1 rings (SSSR count). The highest BCUT2D eigenvalue weighted by Gasteiger charge is 1.97. The van der Waals surface area contributed by atoms with Gasteiger partial charge in [0.15, 0.2) is 5.12 Å². The zero-order valence-corrected chi connectivity index (χ0v) is 10.8. The molecule has 0 saturated carbocycles. The Balaban J connectivity index is 2.60. The minimum atomic E-state index is 0.161. The van der Waals surface area contributed by atoms with Crippen molar-refractivity contribution in [2.45, 2.75) is 27.2 Å². The van der Waals surface area contributed by atoms with Crippen molar-refractivity contribution >= 4 is 16.9 Å². The molecule has 0 aliphatic carbocycles. The van der Waals surface area contributed by atoms with E-state index in [9.17, 15) is 4.79 Å². The summed E-state index contributed by atoms with van der Waals surface area (Å²) >= 11 is 1.33. The van der Waals surface area contributed by atoms with Crippen LogP contribution in [0.15, 0.2) is 18.2 Å². The zero-order chi connectivity index (χ0) is 12.0. The van der Waals surface area contributed by atoms with Crippen LogP contribution >= 0.6 is 11.8 Å². The van der Waals surface area contributed by atoms with Crippen LogP contribution in [-0.2, 0) is 4.79 Å². The van der Waals surface area contributed by atoms with E-state index in [4.69, 9.17) is 0 Å². The van der Waals surface area contributed by atoms with Crippen molar-refractivity contribution < 1.29 is 4.79 Å². The molecule has 0 fully saturated rings. The fourth-order valence-electron chi connectivity index (χ4n) is 1.41. The van der Waals surface area contributed by atoms with Crippen molar-refractivity contribution in [2.75, 3.05) is 5.75 Å². The maximum absolute atomic E-state index is 10.7.